The Labute approximate surface area is 234 Å². The van der Waals surface area contributed by atoms with Crippen LogP contribution in [0.4, 0.5) is 26.1 Å². The smallest absolute Gasteiger partial charge is 0.255 e. The molecule has 4 aromatic heterocycles. The number of amides is 1. The SMILES string of the molecule is CN1CCN(c2cccc(Nc3ncc4c(-c5ccn6ncc(C(=O)NC7CC(F)(F)C7)c6c5)c[nH]c4n3)c2)CC1. The fraction of sp³-hybridized carbons (Fsp3) is 0.310. The number of anilines is 3. The van der Waals surface area contributed by atoms with E-state index in [0.29, 0.717) is 22.7 Å². The number of hydrogen-bond acceptors (Lipinski definition) is 7. The summed E-state index contributed by atoms with van der Waals surface area (Å²) in [5, 5.41) is 11.1. The number of carbonyl (C=O) groups excluding carboxylic acids is 1. The van der Waals surface area contributed by atoms with Gasteiger partial charge >= 0.3 is 0 Å². The summed E-state index contributed by atoms with van der Waals surface area (Å²) in [4.78, 5) is 30.0. The van der Waals surface area contributed by atoms with E-state index < -0.39 is 17.9 Å². The van der Waals surface area contributed by atoms with Gasteiger partial charge in [0.2, 0.25) is 5.95 Å². The molecule has 5 heterocycles. The molecular weight excluding hydrogens is 528 g/mol. The van der Waals surface area contributed by atoms with Gasteiger partial charge < -0.3 is 25.4 Å². The number of piperazine rings is 1. The largest absolute Gasteiger partial charge is 0.369 e. The van der Waals surface area contributed by atoms with Gasteiger partial charge in [0.15, 0.2) is 0 Å². The summed E-state index contributed by atoms with van der Waals surface area (Å²) in [6.07, 6.45) is 6.18. The molecule has 1 saturated carbocycles. The minimum absolute atomic E-state index is 0.336. The number of benzene rings is 1. The standard InChI is InChI=1S/C29H29F2N9O/c1-38-7-9-39(10-8-38)21-4-2-3-19(12-21)36-28-33-16-23-22(15-32-26(23)37-28)18-5-6-40-25(11-18)24(17-34-40)27(41)35-20-13-29(30,31)14-20/h2-6,11-12,15-17,20H,7-10,13-14H2,1H3,(H,35,41)(H2,32,33,36,37). The van der Waals surface area contributed by atoms with Crippen molar-refractivity contribution in [2.75, 3.05) is 43.4 Å². The maximum absolute atomic E-state index is 13.2. The van der Waals surface area contributed by atoms with Crippen molar-refractivity contribution >= 4 is 39.8 Å². The van der Waals surface area contributed by atoms with Gasteiger partial charge in [-0.2, -0.15) is 10.1 Å². The molecule has 0 bridgehead atoms. The summed E-state index contributed by atoms with van der Waals surface area (Å²) >= 11 is 0. The van der Waals surface area contributed by atoms with Gasteiger partial charge in [-0.25, -0.2) is 18.3 Å². The summed E-state index contributed by atoms with van der Waals surface area (Å²) in [6.45, 7) is 4.06. The lowest BCUT2D eigenvalue weighted by Crippen LogP contribution is -2.50. The highest BCUT2D eigenvalue weighted by Crippen LogP contribution is 2.37. The van der Waals surface area contributed by atoms with Crippen LogP contribution < -0.4 is 15.5 Å². The van der Waals surface area contributed by atoms with Crippen LogP contribution in [0.1, 0.15) is 23.2 Å². The highest BCUT2D eigenvalue weighted by atomic mass is 19.3. The van der Waals surface area contributed by atoms with Crippen LogP contribution >= 0.6 is 0 Å². The number of H-pyrrole nitrogens is 1. The van der Waals surface area contributed by atoms with E-state index in [-0.39, 0.29) is 12.8 Å². The number of pyridine rings is 1. The Morgan fingerprint density at radius 3 is 2.73 bits per heavy atom. The molecule has 5 aromatic rings. The van der Waals surface area contributed by atoms with Gasteiger partial charge in [-0.3, -0.25) is 4.79 Å². The number of carbonyl (C=O) groups is 1. The van der Waals surface area contributed by atoms with Crippen LogP contribution in [0.15, 0.2) is 61.2 Å². The topological polar surface area (TPSA) is 106 Å². The molecule has 1 aliphatic carbocycles. The van der Waals surface area contributed by atoms with E-state index in [9.17, 15) is 13.6 Å². The third kappa shape index (κ3) is 4.95. The minimum Gasteiger partial charge on any atom is -0.369 e. The third-order valence-corrected chi connectivity index (χ3v) is 7.91. The number of rotatable bonds is 6. The lowest BCUT2D eigenvalue weighted by molar-refractivity contribution is -0.0901. The van der Waals surface area contributed by atoms with Crippen LogP contribution in [0, 0.1) is 0 Å². The van der Waals surface area contributed by atoms with Gasteiger partial charge in [-0.1, -0.05) is 6.07 Å². The molecule has 210 valence electrons. The van der Waals surface area contributed by atoms with E-state index >= 15 is 0 Å². The molecule has 1 aromatic carbocycles. The molecule has 12 heteroatoms. The fourth-order valence-corrected chi connectivity index (χ4v) is 5.53. The van der Waals surface area contributed by atoms with Crippen LogP contribution in [0.5, 0.6) is 0 Å². The summed E-state index contributed by atoms with van der Waals surface area (Å²) in [6, 6.07) is 11.5. The van der Waals surface area contributed by atoms with Crippen molar-refractivity contribution < 1.29 is 13.6 Å². The van der Waals surface area contributed by atoms with E-state index in [1.165, 1.54) is 11.9 Å². The number of hydrogen-bond donors (Lipinski definition) is 3. The normalized spacial score (nSPS) is 17.6. The molecule has 10 nitrogen and oxygen atoms in total. The molecule has 41 heavy (non-hydrogen) atoms. The fourth-order valence-electron chi connectivity index (χ4n) is 5.53. The molecule has 7 rings (SSSR count). The van der Waals surface area contributed by atoms with Gasteiger partial charge in [-0.05, 0) is 42.9 Å². The number of aromatic nitrogens is 5. The van der Waals surface area contributed by atoms with Crippen LogP contribution in [-0.2, 0) is 0 Å². The second-order valence-corrected chi connectivity index (χ2v) is 10.9. The number of fused-ring (bicyclic) bond motifs is 2. The Kier molecular flexibility index (Phi) is 6.07. The number of nitrogens with zero attached hydrogens (tertiary/aromatic N) is 6. The van der Waals surface area contributed by atoms with Crippen LogP contribution in [0.2, 0.25) is 0 Å². The predicted molar refractivity (Wildman–Crippen MR) is 153 cm³/mol. The zero-order valence-electron chi connectivity index (χ0n) is 22.4. The Balaban J connectivity index is 1.11. The van der Waals surface area contributed by atoms with Crippen LogP contribution in [-0.4, -0.2) is 80.6 Å². The second kappa shape index (κ2) is 9.81. The predicted octanol–water partition coefficient (Wildman–Crippen LogP) is 4.30. The van der Waals surface area contributed by atoms with Crippen molar-refractivity contribution in [2.24, 2.45) is 0 Å². The van der Waals surface area contributed by atoms with E-state index in [1.54, 1.807) is 16.9 Å². The number of likely N-dealkylation sites (N-methyl/N-ethyl adjacent to an activating group) is 1. The second-order valence-electron chi connectivity index (χ2n) is 10.9. The zero-order chi connectivity index (χ0) is 28.1. The lowest BCUT2D eigenvalue weighted by Gasteiger charge is -2.35. The summed E-state index contributed by atoms with van der Waals surface area (Å²) in [5.74, 6) is -2.63. The highest BCUT2D eigenvalue weighted by Gasteiger charge is 2.46. The van der Waals surface area contributed by atoms with E-state index in [2.05, 4.69) is 59.7 Å². The first-order valence-electron chi connectivity index (χ1n) is 13.6. The van der Waals surface area contributed by atoms with Crippen molar-refractivity contribution in [1.82, 2.24) is 34.8 Å². The molecule has 2 fully saturated rings. The first kappa shape index (κ1) is 25.4. The molecule has 2 aliphatic rings. The summed E-state index contributed by atoms with van der Waals surface area (Å²) in [7, 11) is 2.14. The number of aromatic amines is 1. The maximum Gasteiger partial charge on any atom is 0.255 e. The van der Waals surface area contributed by atoms with Crippen molar-refractivity contribution in [3.05, 3.63) is 66.7 Å². The van der Waals surface area contributed by atoms with Crippen molar-refractivity contribution in [2.45, 2.75) is 24.8 Å². The summed E-state index contributed by atoms with van der Waals surface area (Å²) in [5.41, 5.74) is 5.39. The molecular formula is C29H29F2N9O. The van der Waals surface area contributed by atoms with Gasteiger partial charge in [0.25, 0.3) is 11.8 Å². The van der Waals surface area contributed by atoms with Crippen molar-refractivity contribution in [3.8, 4) is 11.1 Å². The van der Waals surface area contributed by atoms with Crippen LogP contribution in [0.25, 0.3) is 27.7 Å². The first-order chi connectivity index (χ1) is 19.8. The molecule has 0 radical (unpaired) electrons. The van der Waals surface area contributed by atoms with Gasteiger partial charge in [-0.15, -0.1) is 0 Å². The average Bonchev–Trinajstić information content (AvgIpc) is 3.56. The quantitative estimate of drug-likeness (QED) is 0.286. The van der Waals surface area contributed by atoms with Gasteiger partial charge in [0.05, 0.1) is 17.3 Å². The molecule has 1 aliphatic heterocycles. The summed E-state index contributed by atoms with van der Waals surface area (Å²) < 4.78 is 28.0. The van der Waals surface area contributed by atoms with E-state index in [4.69, 9.17) is 0 Å². The number of alkyl halides is 2. The molecule has 1 saturated heterocycles. The Bertz CT molecular complexity index is 1750. The molecule has 0 spiro atoms. The molecule has 0 atom stereocenters. The maximum atomic E-state index is 13.2. The van der Waals surface area contributed by atoms with E-state index in [1.807, 2.05) is 30.5 Å². The average molecular weight is 558 g/mol. The zero-order valence-corrected chi connectivity index (χ0v) is 22.4. The van der Waals surface area contributed by atoms with Crippen LogP contribution in [0.3, 0.4) is 0 Å². The molecule has 0 unspecified atom stereocenters. The monoisotopic (exact) mass is 557 g/mol. The highest BCUT2D eigenvalue weighted by molar-refractivity contribution is 6.02. The number of nitrogens with one attached hydrogen (secondary N) is 3. The Hall–Kier alpha value is -4.58. The molecule has 3 N–H and O–H groups in total. The first-order valence-corrected chi connectivity index (χ1v) is 13.6. The Morgan fingerprint density at radius 2 is 1.93 bits per heavy atom. The Morgan fingerprint density at radius 1 is 1.10 bits per heavy atom. The van der Waals surface area contributed by atoms with Crippen molar-refractivity contribution in [3.63, 3.8) is 0 Å². The number of halogens is 2. The lowest BCUT2D eigenvalue weighted by atomic mass is 9.88. The van der Waals surface area contributed by atoms with Crippen molar-refractivity contribution in [1.29, 1.82) is 0 Å². The molecule has 1 amide bonds. The van der Waals surface area contributed by atoms with Gasteiger partial charge in [0, 0.05) is 86.0 Å². The minimum atomic E-state index is -2.70. The van der Waals surface area contributed by atoms with Gasteiger partial charge in [0.1, 0.15) is 5.65 Å². The third-order valence-electron chi connectivity index (χ3n) is 7.91. The van der Waals surface area contributed by atoms with E-state index in [0.717, 1.165) is 48.4 Å².